The Morgan fingerprint density at radius 2 is 1.78 bits per heavy atom. The maximum absolute atomic E-state index is 13.1. The highest BCUT2D eigenvalue weighted by molar-refractivity contribution is 5.90. The number of alkyl halides is 3. The molecule has 0 radical (unpaired) electrons. The number of ether oxygens (including phenoxy) is 1. The Bertz CT molecular complexity index is 1290. The van der Waals surface area contributed by atoms with Crippen LogP contribution in [0.25, 0.3) is 22.4 Å². The molecule has 0 amide bonds. The van der Waals surface area contributed by atoms with E-state index in [1.807, 2.05) is 31.2 Å². The van der Waals surface area contributed by atoms with Crippen LogP contribution in [-0.2, 0) is 17.5 Å². The zero-order valence-electron chi connectivity index (χ0n) is 17.7. The Morgan fingerprint density at radius 1 is 0.969 bits per heavy atom. The van der Waals surface area contributed by atoms with E-state index >= 15 is 0 Å². The van der Waals surface area contributed by atoms with E-state index in [4.69, 9.17) is 4.74 Å². The third kappa shape index (κ3) is 4.38. The first-order valence-corrected chi connectivity index (χ1v) is 9.79. The molecule has 3 heterocycles. The van der Waals surface area contributed by atoms with E-state index in [-0.39, 0.29) is 12.2 Å². The van der Waals surface area contributed by atoms with Crippen LogP contribution in [0, 0.1) is 13.8 Å². The van der Waals surface area contributed by atoms with Gasteiger partial charge in [0.25, 0.3) is 0 Å². The monoisotopic (exact) mass is 439 g/mol. The molecule has 0 aliphatic rings. The molecule has 0 fully saturated rings. The number of halogens is 3. The van der Waals surface area contributed by atoms with Crippen molar-refractivity contribution in [3.05, 3.63) is 71.2 Å². The summed E-state index contributed by atoms with van der Waals surface area (Å²) in [5, 5.41) is 3.73. The molecule has 0 saturated heterocycles. The molecule has 1 aromatic carbocycles. The summed E-state index contributed by atoms with van der Waals surface area (Å²) in [6, 6.07) is 11.3. The Hall–Kier alpha value is -3.59. The minimum absolute atomic E-state index is 0.115. The van der Waals surface area contributed by atoms with Gasteiger partial charge in [-0.25, -0.2) is 15.0 Å². The normalized spacial score (nSPS) is 11.7. The molecular formula is C23H20F3N5O. The lowest BCUT2D eigenvalue weighted by atomic mass is 10.1. The summed E-state index contributed by atoms with van der Waals surface area (Å²) in [6.45, 7) is 3.53. The average Bonchev–Trinajstić information content (AvgIpc) is 2.73. The fourth-order valence-electron chi connectivity index (χ4n) is 3.43. The lowest BCUT2D eigenvalue weighted by molar-refractivity contribution is -0.138. The van der Waals surface area contributed by atoms with E-state index in [9.17, 15) is 13.2 Å². The number of hydrogen-bond acceptors (Lipinski definition) is 6. The van der Waals surface area contributed by atoms with Crippen molar-refractivity contribution < 1.29 is 17.9 Å². The van der Waals surface area contributed by atoms with Crippen molar-refractivity contribution >= 4 is 22.5 Å². The second kappa shape index (κ2) is 8.51. The number of aryl methyl sites for hydroxylation is 2. The van der Waals surface area contributed by atoms with Gasteiger partial charge in [-0.15, -0.1) is 0 Å². The topological polar surface area (TPSA) is 72.8 Å². The van der Waals surface area contributed by atoms with Gasteiger partial charge in [-0.3, -0.25) is 4.98 Å². The van der Waals surface area contributed by atoms with E-state index in [1.165, 1.54) is 26.2 Å². The Balaban J connectivity index is 1.78. The molecule has 0 saturated carbocycles. The first kappa shape index (κ1) is 21.6. The Labute approximate surface area is 182 Å². The van der Waals surface area contributed by atoms with Crippen LogP contribution < -0.4 is 5.32 Å². The van der Waals surface area contributed by atoms with Gasteiger partial charge in [0.1, 0.15) is 12.4 Å². The standard InChI is InChI=1S/C23H20F3N5O/c1-13-5-4-10-27-20(13)18-9-7-16-21(30-19(12-32-3)31-22(16)29-18)28-15-6-8-17(14(2)11-15)23(24,25)26/h4-11H,12H2,1-3H3,(H,28,29,30,31). The van der Waals surface area contributed by atoms with E-state index in [2.05, 4.69) is 25.3 Å². The van der Waals surface area contributed by atoms with Crippen LogP contribution >= 0.6 is 0 Å². The van der Waals surface area contributed by atoms with Crippen LogP contribution in [0.3, 0.4) is 0 Å². The first-order chi connectivity index (χ1) is 15.3. The number of benzene rings is 1. The average molecular weight is 439 g/mol. The van der Waals surface area contributed by atoms with Gasteiger partial charge in [-0.2, -0.15) is 13.2 Å². The summed E-state index contributed by atoms with van der Waals surface area (Å²) in [5.41, 5.74) is 2.73. The maximum atomic E-state index is 13.1. The molecule has 0 atom stereocenters. The highest BCUT2D eigenvalue weighted by atomic mass is 19.4. The third-order valence-electron chi connectivity index (χ3n) is 4.93. The summed E-state index contributed by atoms with van der Waals surface area (Å²) in [7, 11) is 1.53. The Kier molecular flexibility index (Phi) is 5.75. The van der Waals surface area contributed by atoms with Gasteiger partial charge in [-0.05, 0) is 61.4 Å². The molecule has 0 aliphatic carbocycles. The number of fused-ring (bicyclic) bond motifs is 1. The summed E-state index contributed by atoms with van der Waals surface area (Å²) >= 11 is 0. The molecule has 0 unspecified atom stereocenters. The van der Waals surface area contributed by atoms with Crippen molar-refractivity contribution in [1.82, 2.24) is 19.9 Å². The van der Waals surface area contributed by atoms with Gasteiger partial charge in [0.2, 0.25) is 0 Å². The van der Waals surface area contributed by atoms with Crippen molar-refractivity contribution in [2.75, 3.05) is 12.4 Å². The lowest BCUT2D eigenvalue weighted by Crippen LogP contribution is -2.08. The maximum Gasteiger partial charge on any atom is 0.416 e. The number of pyridine rings is 2. The summed E-state index contributed by atoms with van der Waals surface area (Å²) in [4.78, 5) is 18.0. The highest BCUT2D eigenvalue weighted by Gasteiger charge is 2.32. The van der Waals surface area contributed by atoms with Crippen LogP contribution in [0.2, 0.25) is 0 Å². The molecular weight excluding hydrogens is 419 g/mol. The summed E-state index contributed by atoms with van der Waals surface area (Å²) in [6.07, 6.45) is -2.70. The molecule has 0 aliphatic heterocycles. The quantitative estimate of drug-likeness (QED) is 0.436. The van der Waals surface area contributed by atoms with Crippen LogP contribution in [0.15, 0.2) is 48.7 Å². The summed E-state index contributed by atoms with van der Waals surface area (Å²) in [5.74, 6) is 0.825. The number of hydrogen-bond donors (Lipinski definition) is 1. The predicted molar refractivity (Wildman–Crippen MR) is 115 cm³/mol. The summed E-state index contributed by atoms with van der Waals surface area (Å²) < 4.78 is 44.4. The van der Waals surface area contributed by atoms with Crippen LogP contribution in [0.4, 0.5) is 24.7 Å². The molecule has 32 heavy (non-hydrogen) atoms. The molecule has 9 heteroatoms. The van der Waals surface area contributed by atoms with Gasteiger partial charge < -0.3 is 10.1 Å². The molecule has 0 bridgehead atoms. The zero-order chi connectivity index (χ0) is 22.9. The first-order valence-electron chi connectivity index (χ1n) is 9.79. The van der Waals surface area contributed by atoms with Crippen molar-refractivity contribution in [1.29, 1.82) is 0 Å². The smallest absolute Gasteiger partial charge is 0.377 e. The molecule has 3 aromatic heterocycles. The van der Waals surface area contributed by atoms with E-state index in [1.54, 1.807) is 6.20 Å². The SMILES string of the molecule is COCc1nc(Nc2ccc(C(F)(F)F)c(C)c2)c2ccc(-c3ncccc3C)nc2n1. The fraction of sp³-hybridized carbons (Fsp3) is 0.217. The molecule has 6 nitrogen and oxygen atoms in total. The molecule has 0 spiro atoms. The van der Waals surface area contributed by atoms with E-state index < -0.39 is 11.7 Å². The van der Waals surface area contributed by atoms with Crippen molar-refractivity contribution in [2.24, 2.45) is 0 Å². The van der Waals surface area contributed by atoms with Crippen LogP contribution in [0.1, 0.15) is 22.5 Å². The van der Waals surface area contributed by atoms with E-state index in [0.29, 0.717) is 34.1 Å². The van der Waals surface area contributed by atoms with Gasteiger partial charge in [0.15, 0.2) is 11.5 Å². The van der Waals surface area contributed by atoms with Crippen molar-refractivity contribution in [3.63, 3.8) is 0 Å². The minimum Gasteiger partial charge on any atom is -0.377 e. The molecule has 4 aromatic rings. The van der Waals surface area contributed by atoms with E-state index in [0.717, 1.165) is 17.3 Å². The number of methoxy groups -OCH3 is 1. The Morgan fingerprint density at radius 3 is 2.47 bits per heavy atom. The van der Waals surface area contributed by atoms with Crippen molar-refractivity contribution in [2.45, 2.75) is 26.6 Å². The molecule has 1 N–H and O–H groups in total. The fourth-order valence-corrected chi connectivity index (χ4v) is 3.43. The molecule has 164 valence electrons. The third-order valence-corrected chi connectivity index (χ3v) is 4.93. The van der Waals surface area contributed by atoms with Crippen LogP contribution in [0.5, 0.6) is 0 Å². The number of nitrogens with one attached hydrogen (secondary N) is 1. The van der Waals surface area contributed by atoms with Gasteiger partial charge in [-0.1, -0.05) is 6.07 Å². The second-order valence-electron chi connectivity index (χ2n) is 7.31. The zero-order valence-corrected chi connectivity index (χ0v) is 17.7. The number of aromatic nitrogens is 4. The van der Waals surface area contributed by atoms with Gasteiger partial charge >= 0.3 is 6.18 Å². The second-order valence-corrected chi connectivity index (χ2v) is 7.31. The lowest BCUT2D eigenvalue weighted by Gasteiger charge is -2.14. The molecule has 4 rings (SSSR count). The van der Waals surface area contributed by atoms with Crippen LogP contribution in [-0.4, -0.2) is 27.0 Å². The van der Waals surface area contributed by atoms with Gasteiger partial charge in [0.05, 0.1) is 22.3 Å². The minimum atomic E-state index is -4.40. The number of rotatable bonds is 5. The van der Waals surface area contributed by atoms with Crippen molar-refractivity contribution in [3.8, 4) is 11.4 Å². The van der Waals surface area contributed by atoms with Gasteiger partial charge in [0, 0.05) is 19.0 Å². The number of anilines is 2. The predicted octanol–water partition coefficient (Wildman–Crippen LogP) is 5.61. The number of nitrogens with zero attached hydrogens (tertiary/aromatic N) is 4. The largest absolute Gasteiger partial charge is 0.416 e. The highest BCUT2D eigenvalue weighted by Crippen LogP contribution is 2.34.